The number of nitrogens with one attached hydrogen (secondary N) is 2. The molecule has 1 aliphatic rings. The lowest BCUT2D eigenvalue weighted by atomic mass is 10.1. The number of hydrogen-bond donors (Lipinski definition) is 3. The van der Waals surface area contributed by atoms with E-state index in [9.17, 15) is 14.0 Å². The van der Waals surface area contributed by atoms with Crippen LogP contribution < -0.4 is 20.7 Å². The summed E-state index contributed by atoms with van der Waals surface area (Å²) in [4.78, 5) is 26.8. The normalized spacial score (nSPS) is 14.4. The Morgan fingerprint density at radius 1 is 1.06 bits per heavy atom. The molecule has 1 aliphatic heterocycles. The zero-order valence-electron chi connectivity index (χ0n) is 18.5. The second-order valence-electron chi connectivity index (χ2n) is 8.01. The van der Waals surface area contributed by atoms with E-state index in [2.05, 4.69) is 5.32 Å². The van der Waals surface area contributed by atoms with Crippen LogP contribution >= 0.6 is 0 Å². The van der Waals surface area contributed by atoms with E-state index in [0.29, 0.717) is 29.8 Å². The Morgan fingerprint density at radius 3 is 2.56 bits per heavy atom. The highest BCUT2D eigenvalue weighted by Crippen LogP contribution is 2.28. The van der Waals surface area contributed by atoms with Crippen LogP contribution in [-0.2, 0) is 9.59 Å². The first kappa shape index (κ1) is 23.0. The molecule has 1 unspecified atom stereocenters. The van der Waals surface area contributed by atoms with Crippen LogP contribution in [0.15, 0.2) is 72.8 Å². The van der Waals surface area contributed by atoms with E-state index in [4.69, 9.17) is 15.9 Å². The zero-order valence-corrected chi connectivity index (χ0v) is 18.5. The molecule has 0 aromatic heterocycles. The second-order valence-corrected chi connectivity index (χ2v) is 8.01. The quantitative estimate of drug-likeness (QED) is 0.359. The SMILES string of the molecule is N=C(N)c1cccc(OC(C(=O)Nc2ccc(N3CCCCC3=O)c(F)c2)c2ccccc2)c1. The zero-order chi connectivity index (χ0) is 24.1. The molecule has 3 aromatic carbocycles. The van der Waals surface area contributed by atoms with Gasteiger partial charge < -0.3 is 20.7 Å². The standard InChI is InChI=1S/C26H25FN4O3/c27-21-16-19(12-13-22(21)31-14-5-4-11-23(31)32)30-26(33)24(17-7-2-1-3-8-17)34-20-10-6-9-18(15-20)25(28)29/h1-3,6-10,12-13,15-16,24H,4-5,11,14H2,(H3,28,29)(H,30,33). The van der Waals surface area contributed by atoms with Crippen molar-refractivity contribution in [2.45, 2.75) is 25.4 Å². The number of rotatable bonds is 7. The minimum atomic E-state index is -1.03. The summed E-state index contributed by atoms with van der Waals surface area (Å²) in [6.07, 6.45) is 1.000. The lowest BCUT2D eigenvalue weighted by Gasteiger charge is -2.27. The fourth-order valence-electron chi connectivity index (χ4n) is 3.85. The van der Waals surface area contributed by atoms with E-state index >= 15 is 0 Å². The molecule has 2 amide bonds. The Hall–Kier alpha value is -4.20. The summed E-state index contributed by atoms with van der Waals surface area (Å²) in [6.45, 7) is 0.477. The molecule has 1 fully saturated rings. The maximum Gasteiger partial charge on any atom is 0.270 e. The summed E-state index contributed by atoms with van der Waals surface area (Å²) < 4.78 is 20.8. The van der Waals surface area contributed by atoms with Crippen molar-refractivity contribution in [3.8, 4) is 5.75 Å². The summed E-state index contributed by atoms with van der Waals surface area (Å²) in [5.41, 5.74) is 7.09. The molecule has 8 heteroatoms. The molecule has 174 valence electrons. The summed E-state index contributed by atoms with van der Waals surface area (Å²) >= 11 is 0. The van der Waals surface area contributed by atoms with Crippen molar-refractivity contribution in [3.05, 3.63) is 89.7 Å². The smallest absolute Gasteiger partial charge is 0.270 e. The van der Waals surface area contributed by atoms with E-state index < -0.39 is 17.8 Å². The van der Waals surface area contributed by atoms with E-state index in [1.807, 2.05) is 6.07 Å². The molecule has 1 saturated heterocycles. The van der Waals surface area contributed by atoms with Gasteiger partial charge in [0.25, 0.3) is 5.91 Å². The topological polar surface area (TPSA) is 109 Å². The third kappa shape index (κ3) is 5.23. The number of nitrogens with zero attached hydrogens (tertiary/aromatic N) is 1. The maximum atomic E-state index is 14.8. The number of carbonyl (C=O) groups is 2. The van der Waals surface area contributed by atoms with Gasteiger partial charge in [0.15, 0.2) is 0 Å². The Bertz CT molecular complexity index is 1220. The van der Waals surface area contributed by atoms with Gasteiger partial charge in [0, 0.05) is 29.8 Å². The molecule has 34 heavy (non-hydrogen) atoms. The molecule has 3 aromatic rings. The van der Waals surface area contributed by atoms with E-state index in [1.165, 1.54) is 17.0 Å². The van der Waals surface area contributed by atoms with Crippen molar-refractivity contribution in [3.63, 3.8) is 0 Å². The van der Waals surface area contributed by atoms with E-state index in [0.717, 1.165) is 12.8 Å². The van der Waals surface area contributed by atoms with Crippen molar-refractivity contribution in [1.82, 2.24) is 0 Å². The Kier molecular flexibility index (Phi) is 6.87. The number of carbonyl (C=O) groups excluding carboxylic acids is 2. The van der Waals surface area contributed by atoms with Gasteiger partial charge in [0.1, 0.15) is 17.4 Å². The number of piperidine rings is 1. The Morgan fingerprint density at radius 2 is 1.85 bits per heavy atom. The minimum Gasteiger partial charge on any atom is -0.476 e. The van der Waals surface area contributed by atoms with Gasteiger partial charge >= 0.3 is 0 Å². The number of anilines is 2. The number of nitrogen functional groups attached to an aromatic ring is 1. The summed E-state index contributed by atoms with van der Waals surface area (Å²) in [6, 6.07) is 19.8. The summed E-state index contributed by atoms with van der Waals surface area (Å²) in [7, 11) is 0. The van der Waals surface area contributed by atoms with E-state index in [-0.39, 0.29) is 23.1 Å². The Balaban J connectivity index is 1.56. The molecule has 0 saturated carbocycles. The van der Waals surface area contributed by atoms with Crippen molar-refractivity contribution in [2.75, 3.05) is 16.8 Å². The average Bonchev–Trinajstić information content (AvgIpc) is 2.84. The minimum absolute atomic E-state index is 0.104. The molecule has 0 radical (unpaired) electrons. The van der Waals surface area contributed by atoms with E-state index in [1.54, 1.807) is 54.6 Å². The molecule has 1 atom stereocenters. The van der Waals surface area contributed by atoms with Gasteiger partial charge in [-0.15, -0.1) is 0 Å². The number of halogens is 1. The number of benzene rings is 3. The molecular formula is C26H25FN4O3. The molecular weight excluding hydrogens is 435 g/mol. The van der Waals surface area contributed by atoms with Crippen molar-refractivity contribution in [1.29, 1.82) is 5.41 Å². The first-order valence-electron chi connectivity index (χ1n) is 11.0. The van der Waals surface area contributed by atoms with Gasteiger partial charge in [-0.3, -0.25) is 15.0 Å². The fourth-order valence-corrected chi connectivity index (χ4v) is 3.85. The number of hydrogen-bond acceptors (Lipinski definition) is 4. The maximum absolute atomic E-state index is 14.8. The van der Waals surface area contributed by atoms with Gasteiger partial charge in [-0.25, -0.2) is 4.39 Å². The number of ether oxygens (including phenoxy) is 1. The fraction of sp³-hybridized carbons (Fsp3) is 0.192. The average molecular weight is 461 g/mol. The van der Waals surface area contributed by atoms with Crippen LogP contribution in [0.4, 0.5) is 15.8 Å². The highest BCUT2D eigenvalue weighted by atomic mass is 19.1. The van der Waals surface area contributed by atoms with Crippen LogP contribution in [0.5, 0.6) is 5.75 Å². The number of amides is 2. The lowest BCUT2D eigenvalue weighted by Crippen LogP contribution is -2.35. The first-order valence-corrected chi connectivity index (χ1v) is 11.0. The molecule has 7 nitrogen and oxygen atoms in total. The highest BCUT2D eigenvalue weighted by Gasteiger charge is 2.25. The van der Waals surface area contributed by atoms with Crippen LogP contribution in [0.1, 0.15) is 36.5 Å². The van der Waals surface area contributed by atoms with Gasteiger partial charge in [-0.2, -0.15) is 0 Å². The second kappa shape index (κ2) is 10.2. The van der Waals surface area contributed by atoms with Crippen molar-refractivity contribution >= 4 is 29.0 Å². The van der Waals surface area contributed by atoms with Crippen LogP contribution in [0.3, 0.4) is 0 Å². The number of amidine groups is 1. The molecule has 4 rings (SSSR count). The third-order valence-corrected chi connectivity index (χ3v) is 5.57. The van der Waals surface area contributed by atoms with Gasteiger partial charge in [0.2, 0.25) is 12.0 Å². The summed E-state index contributed by atoms with van der Waals surface area (Å²) in [5, 5.41) is 10.3. The van der Waals surface area contributed by atoms with Crippen LogP contribution in [0, 0.1) is 11.2 Å². The molecule has 0 spiro atoms. The molecule has 4 N–H and O–H groups in total. The Labute approximate surface area is 196 Å². The van der Waals surface area contributed by atoms with Crippen LogP contribution in [0.25, 0.3) is 0 Å². The third-order valence-electron chi connectivity index (χ3n) is 5.57. The molecule has 0 bridgehead atoms. The van der Waals surface area contributed by atoms with Crippen LogP contribution in [-0.4, -0.2) is 24.2 Å². The van der Waals surface area contributed by atoms with Crippen LogP contribution in [0.2, 0.25) is 0 Å². The van der Waals surface area contributed by atoms with Gasteiger partial charge in [-0.05, 0) is 43.2 Å². The molecule has 1 heterocycles. The van der Waals surface area contributed by atoms with Crippen molar-refractivity contribution in [2.24, 2.45) is 5.73 Å². The van der Waals surface area contributed by atoms with Gasteiger partial charge in [0.05, 0.1) is 5.69 Å². The largest absolute Gasteiger partial charge is 0.476 e. The monoisotopic (exact) mass is 460 g/mol. The first-order chi connectivity index (χ1) is 16.4. The number of nitrogens with two attached hydrogens (primary N) is 1. The summed E-state index contributed by atoms with van der Waals surface area (Å²) in [5.74, 6) is -0.942. The predicted molar refractivity (Wildman–Crippen MR) is 129 cm³/mol. The van der Waals surface area contributed by atoms with Gasteiger partial charge in [-0.1, -0.05) is 42.5 Å². The predicted octanol–water partition coefficient (Wildman–Crippen LogP) is 4.39. The lowest BCUT2D eigenvalue weighted by molar-refractivity contribution is -0.123. The van der Waals surface area contributed by atoms with Crippen molar-refractivity contribution < 1.29 is 18.7 Å². The highest BCUT2D eigenvalue weighted by molar-refractivity contribution is 5.97. The molecule has 0 aliphatic carbocycles.